The van der Waals surface area contributed by atoms with Gasteiger partial charge in [0.05, 0.1) is 11.4 Å². The van der Waals surface area contributed by atoms with Gasteiger partial charge in [-0.2, -0.15) is 4.98 Å². The highest BCUT2D eigenvalue weighted by molar-refractivity contribution is 5.78. The van der Waals surface area contributed by atoms with E-state index in [0.717, 1.165) is 24.1 Å². The van der Waals surface area contributed by atoms with Gasteiger partial charge in [0.25, 0.3) is 5.91 Å². The molecule has 0 atom stereocenters. The molecule has 9 nitrogen and oxygen atoms in total. The number of hydrogen-bond acceptors (Lipinski definition) is 6. The summed E-state index contributed by atoms with van der Waals surface area (Å²) in [7, 11) is 0. The predicted octanol–water partition coefficient (Wildman–Crippen LogP) is 2.63. The van der Waals surface area contributed by atoms with Gasteiger partial charge < -0.3 is 25.0 Å². The van der Waals surface area contributed by atoms with Gasteiger partial charge in [0, 0.05) is 31.6 Å². The second kappa shape index (κ2) is 10.9. The van der Waals surface area contributed by atoms with E-state index in [2.05, 4.69) is 15.3 Å². The van der Waals surface area contributed by atoms with Crippen LogP contribution >= 0.6 is 0 Å². The van der Waals surface area contributed by atoms with Gasteiger partial charge in [-0.1, -0.05) is 0 Å². The molecule has 0 bridgehead atoms. The second-order valence-electron chi connectivity index (χ2n) is 8.49. The van der Waals surface area contributed by atoms with Gasteiger partial charge in [0.1, 0.15) is 11.5 Å². The smallest absolute Gasteiger partial charge is 0.345 e. The molecule has 3 aromatic rings. The van der Waals surface area contributed by atoms with E-state index in [9.17, 15) is 19.5 Å². The molecule has 1 fully saturated rings. The third-order valence-corrected chi connectivity index (χ3v) is 5.87. The third kappa shape index (κ3) is 6.26. The molecule has 0 spiro atoms. The fourth-order valence-corrected chi connectivity index (χ4v) is 3.94. The van der Waals surface area contributed by atoms with Crippen LogP contribution < -0.4 is 15.7 Å². The number of aromatic amines is 1. The Morgan fingerprint density at radius 1 is 1.14 bits per heavy atom. The lowest BCUT2D eigenvalue weighted by Crippen LogP contribution is -2.33. The lowest BCUT2D eigenvalue weighted by Gasteiger charge is -2.15. The number of carbonyl (C=O) groups is 2. The molecule has 2 heterocycles. The Bertz CT molecular complexity index is 1270. The maximum atomic E-state index is 12.1. The van der Waals surface area contributed by atoms with Crippen molar-refractivity contribution in [2.75, 3.05) is 26.2 Å². The maximum absolute atomic E-state index is 12.1. The number of amides is 2. The van der Waals surface area contributed by atoms with E-state index >= 15 is 0 Å². The molecule has 1 aliphatic rings. The monoisotopic (exact) mass is 476 g/mol. The molecule has 0 radical (unpaired) electrons. The summed E-state index contributed by atoms with van der Waals surface area (Å²) in [6.45, 7) is 3.62. The van der Waals surface area contributed by atoms with Crippen molar-refractivity contribution in [2.24, 2.45) is 0 Å². The van der Waals surface area contributed by atoms with Crippen molar-refractivity contribution >= 4 is 11.8 Å². The lowest BCUT2D eigenvalue weighted by atomic mass is 10.1. The van der Waals surface area contributed by atoms with E-state index in [1.54, 1.807) is 55.5 Å². The van der Waals surface area contributed by atoms with Gasteiger partial charge >= 0.3 is 5.69 Å². The fourth-order valence-electron chi connectivity index (χ4n) is 3.94. The van der Waals surface area contributed by atoms with Crippen molar-refractivity contribution in [3.05, 3.63) is 64.6 Å². The predicted molar refractivity (Wildman–Crippen MR) is 131 cm³/mol. The molecule has 1 aliphatic heterocycles. The summed E-state index contributed by atoms with van der Waals surface area (Å²) < 4.78 is 5.56. The molecule has 1 aromatic heterocycles. The van der Waals surface area contributed by atoms with Gasteiger partial charge in [-0.3, -0.25) is 9.59 Å². The van der Waals surface area contributed by atoms with Crippen molar-refractivity contribution in [1.29, 1.82) is 0 Å². The Morgan fingerprint density at radius 3 is 2.63 bits per heavy atom. The second-order valence-corrected chi connectivity index (χ2v) is 8.49. The van der Waals surface area contributed by atoms with Crippen molar-refractivity contribution < 1.29 is 19.4 Å². The fraction of sp³-hybridized carbons (Fsp3) is 0.308. The molecule has 9 heteroatoms. The number of phenols is 1. The number of aryl methyl sites for hydroxylation is 1. The molecule has 3 N–H and O–H groups in total. The topological polar surface area (TPSA) is 125 Å². The first-order valence-electron chi connectivity index (χ1n) is 11.6. The number of aromatic hydroxyl groups is 1. The van der Waals surface area contributed by atoms with Crippen LogP contribution in [-0.2, 0) is 9.59 Å². The lowest BCUT2D eigenvalue weighted by molar-refractivity contribution is -0.127. The summed E-state index contributed by atoms with van der Waals surface area (Å²) in [5.41, 5.74) is 2.79. The average molecular weight is 477 g/mol. The number of hydrogen-bond donors (Lipinski definition) is 3. The number of rotatable bonds is 9. The molecular weight excluding hydrogens is 448 g/mol. The van der Waals surface area contributed by atoms with Crippen LogP contribution in [0.25, 0.3) is 22.5 Å². The number of nitrogens with one attached hydrogen (secondary N) is 2. The summed E-state index contributed by atoms with van der Waals surface area (Å²) >= 11 is 0. The third-order valence-electron chi connectivity index (χ3n) is 5.87. The van der Waals surface area contributed by atoms with Crippen LogP contribution in [0.5, 0.6) is 11.5 Å². The zero-order valence-electron chi connectivity index (χ0n) is 19.5. The molecule has 2 amide bonds. The number of benzene rings is 2. The van der Waals surface area contributed by atoms with Crippen LogP contribution in [0.3, 0.4) is 0 Å². The van der Waals surface area contributed by atoms with E-state index < -0.39 is 5.69 Å². The highest BCUT2D eigenvalue weighted by Gasteiger charge is 2.19. The number of carbonyl (C=O) groups excluding carboxylic acids is 2. The minimum atomic E-state index is -0.477. The van der Waals surface area contributed by atoms with Gasteiger partial charge in [-0.15, -0.1) is 0 Å². The van der Waals surface area contributed by atoms with E-state index in [1.807, 2.05) is 4.90 Å². The first kappa shape index (κ1) is 24.0. The maximum Gasteiger partial charge on any atom is 0.345 e. The van der Waals surface area contributed by atoms with Crippen molar-refractivity contribution in [1.82, 2.24) is 20.2 Å². The van der Waals surface area contributed by atoms with Crippen LogP contribution in [-0.4, -0.2) is 58.0 Å². The molecule has 1 saturated heterocycles. The minimum Gasteiger partial charge on any atom is -0.508 e. The number of H-pyrrole nitrogens is 1. The standard InChI is InChI=1S/C26H28N4O5/c1-17-14-19(7-10-23(17)31)22-15-21(28-26(34)29-22)18-5-8-20(9-6-18)35-16-24(32)27-11-3-13-30-12-2-4-25(30)33/h5-10,14-15,31H,2-4,11-13,16H2,1H3,(H,27,32)(H,28,29,34). The van der Waals surface area contributed by atoms with Crippen molar-refractivity contribution in [3.8, 4) is 34.0 Å². The Hall–Kier alpha value is -4.14. The van der Waals surface area contributed by atoms with E-state index in [0.29, 0.717) is 48.6 Å². The van der Waals surface area contributed by atoms with Crippen LogP contribution in [0.2, 0.25) is 0 Å². The molecular formula is C26H28N4O5. The Balaban J connectivity index is 1.31. The SMILES string of the molecule is Cc1cc(-c2cc(-c3ccc(OCC(=O)NCCCN4CCCC4=O)cc3)[nH]c(=O)n2)ccc1O. The van der Waals surface area contributed by atoms with Crippen molar-refractivity contribution in [2.45, 2.75) is 26.2 Å². The van der Waals surface area contributed by atoms with Crippen molar-refractivity contribution in [3.63, 3.8) is 0 Å². The summed E-state index contributed by atoms with van der Waals surface area (Å²) in [5.74, 6) is 0.666. The Labute approximate surface area is 202 Å². The summed E-state index contributed by atoms with van der Waals surface area (Å²) in [5, 5.41) is 12.5. The molecule has 0 aliphatic carbocycles. The van der Waals surface area contributed by atoms with Crippen LogP contribution in [0.15, 0.2) is 53.3 Å². The minimum absolute atomic E-state index is 0.113. The van der Waals surface area contributed by atoms with Crippen LogP contribution in [0, 0.1) is 6.92 Å². The Morgan fingerprint density at radius 2 is 1.91 bits per heavy atom. The molecule has 0 unspecified atom stereocenters. The summed E-state index contributed by atoms with van der Waals surface area (Å²) in [6, 6.07) is 13.9. The number of aromatic nitrogens is 2. The number of ether oxygens (including phenoxy) is 1. The van der Waals surface area contributed by atoms with E-state index in [1.165, 1.54) is 0 Å². The van der Waals surface area contributed by atoms with Gasteiger partial charge in [-0.05, 0) is 79.4 Å². The normalized spacial score (nSPS) is 13.2. The highest BCUT2D eigenvalue weighted by atomic mass is 16.5. The van der Waals surface area contributed by atoms with Crippen LogP contribution in [0.1, 0.15) is 24.8 Å². The van der Waals surface area contributed by atoms with Crippen LogP contribution in [0.4, 0.5) is 0 Å². The summed E-state index contributed by atoms with van der Waals surface area (Å²) in [6.07, 6.45) is 2.24. The largest absolute Gasteiger partial charge is 0.508 e. The average Bonchev–Trinajstić information content (AvgIpc) is 3.26. The molecule has 2 aromatic carbocycles. The number of phenolic OH excluding ortho intramolecular Hbond substituents is 1. The Kier molecular flexibility index (Phi) is 7.45. The zero-order valence-corrected chi connectivity index (χ0v) is 19.5. The molecule has 182 valence electrons. The van der Waals surface area contributed by atoms with E-state index in [-0.39, 0.29) is 24.2 Å². The molecule has 4 rings (SSSR count). The summed E-state index contributed by atoms with van der Waals surface area (Å²) in [4.78, 5) is 44.4. The zero-order chi connectivity index (χ0) is 24.8. The molecule has 35 heavy (non-hydrogen) atoms. The highest BCUT2D eigenvalue weighted by Crippen LogP contribution is 2.26. The number of likely N-dealkylation sites (tertiary alicyclic amines) is 1. The first-order valence-corrected chi connectivity index (χ1v) is 11.6. The van der Waals surface area contributed by atoms with Gasteiger partial charge in [-0.25, -0.2) is 4.79 Å². The van der Waals surface area contributed by atoms with Gasteiger partial charge in [0.2, 0.25) is 5.91 Å². The molecule has 0 saturated carbocycles. The van der Waals surface area contributed by atoms with Gasteiger partial charge in [0.15, 0.2) is 6.61 Å². The number of nitrogens with zero attached hydrogens (tertiary/aromatic N) is 2. The first-order chi connectivity index (χ1) is 16.9. The quantitative estimate of drug-likeness (QED) is 0.408. The van der Waals surface area contributed by atoms with E-state index in [4.69, 9.17) is 4.74 Å².